The zero-order valence-corrected chi connectivity index (χ0v) is 17.5. The molecule has 0 unspecified atom stereocenters. The number of fused-ring (bicyclic) bond motifs is 2. The average Bonchev–Trinajstić information content (AvgIpc) is 3.23. The maximum absolute atomic E-state index is 12.6. The third-order valence-electron chi connectivity index (χ3n) is 5.25. The van der Waals surface area contributed by atoms with Crippen LogP contribution in [0.5, 0.6) is 0 Å². The lowest BCUT2D eigenvalue weighted by molar-refractivity contribution is 0.0582. The summed E-state index contributed by atoms with van der Waals surface area (Å²) in [6.45, 7) is 6.39. The van der Waals surface area contributed by atoms with E-state index in [2.05, 4.69) is 4.98 Å². The number of aryl methyl sites for hydroxylation is 1. The number of amides is 3. The molecular weight excluding hydrogens is 382 g/mol. The van der Waals surface area contributed by atoms with E-state index in [0.29, 0.717) is 43.5 Å². The second-order valence-corrected chi connectivity index (χ2v) is 8.56. The van der Waals surface area contributed by atoms with E-state index < -0.39 is 5.60 Å². The second-order valence-electron chi connectivity index (χ2n) is 8.56. The molecule has 2 aromatic rings. The third-order valence-corrected chi connectivity index (χ3v) is 5.25. The molecule has 7 nitrogen and oxygen atoms in total. The van der Waals surface area contributed by atoms with Gasteiger partial charge in [0, 0.05) is 25.7 Å². The lowest BCUT2D eigenvalue weighted by Gasteiger charge is -2.26. The molecule has 0 bridgehead atoms. The molecule has 1 aromatic heterocycles. The van der Waals surface area contributed by atoms with E-state index in [0.717, 1.165) is 16.9 Å². The predicted molar refractivity (Wildman–Crippen MR) is 112 cm³/mol. The standard InChI is InChI=1S/C23H25N3O4/c1-23(2,3)30-22(29)25-14-11-18-19(25)15(10-12-24-18)7-6-13-26-20(27)16-8-4-5-9-17(16)21(26)28/h4-5,8-10,12H,6-7,11,13-14H2,1-3H3. The van der Waals surface area contributed by atoms with E-state index in [1.807, 2.05) is 26.8 Å². The number of imide groups is 1. The third kappa shape index (κ3) is 3.67. The summed E-state index contributed by atoms with van der Waals surface area (Å²) in [7, 11) is 0. The zero-order chi connectivity index (χ0) is 21.5. The maximum Gasteiger partial charge on any atom is 0.414 e. The Bertz CT molecular complexity index is 990. The minimum absolute atomic E-state index is 0.245. The summed E-state index contributed by atoms with van der Waals surface area (Å²) >= 11 is 0. The first-order chi connectivity index (χ1) is 14.3. The smallest absolute Gasteiger partial charge is 0.414 e. The van der Waals surface area contributed by atoms with Gasteiger partial charge in [0.05, 0.1) is 22.5 Å². The number of anilines is 1. The Morgan fingerprint density at radius 1 is 1.10 bits per heavy atom. The molecular formula is C23H25N3O4. The molecule has 2 aliphatic rings. The highest BCUT2D eigenvalue weighted by atomic mass is 16.6. The molecule has 0 saturated carbocycles. The number of ether oxygens (including phenoxy) is 1. The summed E-state index contributed by atoms with van der Waals surface area (Å²) in [4.78, 5) is 45.1. The molecule has 0 N–H and O–H groups in total. The average molecular weight is 407 g/mol. The van der Waals surface area contributed by atoms with Crippen LogP contribution in [0.4, 0.5) is 10.5 Å². The van der Waals surface area contributed by atoms with Crippen LogP contribution < -0.4 is 4.90 Å². The van der Waals surface area contributed by atoms with Gasteiger partial charge < -0.3 is 4.74 Å². The Kier molecular flexibility index (Phi) is 5.05. The Morgan fingerprint density at radius 2 is 1.77 bits per heavy atom. The number of hydrogen-bond donors (Lipinski definition) is 0. The minimum atomic E-state index is -0.576. The van der Waals surface area contributed by atoms with E-state index in [1.165, 1.54) is 4.90 Å². The zero-order valence-electron chi connectivity index (χ0n) is 17.5. The van der Waals surface area contributed by atoms with Gasteiger partial charge in [-0.25, -0.2) is 4.79 Å². The molecule has 0 spiro atoms. The Morgan fingerprint density at radius 3 is 2.40 bits per heavy atom. The monoisotopic (exact) mass is 407 g/mol. The molecule has 0 atom stereocenters. The number of carbonyl (C=O) groups is 3. The first-order valence-electron chi connectivity index (χ1n) is 10.2. The van der Waals surface area contributed by atoms with Crippen molar-refractivity contribution >= 4 is 23.6 Å². The van der Waals surface area contributed by atoms with Crippen molar-refractivity contribution in [2.75, 3.05) is 18.0 Å². The molecule has 0 fully saturated rings. The topological polar surface area (TPSA) is 79.8 Å². The van der Waals surface area contributed by atoms with Crippen molar-refractivity contribution in [3.8, 4) is 0 Å². The van der Waals surface area contributed by atoms with Crippen LogP contribution in [0.3, 0.4) is 0 Å². The number of hydrogen-bond acceptors (Lipinski definition) is 5. The van der Waals surface area contributed by atoms with Crippen molar-refractivity contribution in [3.05, 3.63) is 58.9 Å². The highest BCUT2D eigenvalue weighted by Gasteiger charge is 2.35. The molecule has 0 saturated heterocycles. The lowest BCUT2D eigenvalue weighted by atomic mass is 10.1. The number of pyridine rings is 1. The van der Waals surface area contributed by atoms with Gasteiger partial charge in [0.2, 0.25) is 0 Å². The lowest BCUT2D eigenvalue weighted by Crippen LogP contribution is -2.36. The van der Waals surface area contributed by atoms with Gasteiger partial charge in [-0.2, -0.15) is 0 Å². The molecule has 156 valence electrons. The molecule has 3 heterocycles. The van der Waals surface area contributed by atoms with Crippen LogP contribution in [0.25, 0.3) is 0 Å². The first-order valence-corrected chi connectivity index (χ1v) is 10.2. The van der Waals surface area contributed by atoms with Gasteiger partial charge in [-0.3, -0.25) is 24.4 Å². The number of aromatic nitrogens is 1. The Balaban J connectivity index is 1.46. The highest BCUT2D eigenvalue weighted by molar-refractivity contribution is 6.21. The molecule has 30 heavy (non-hydrogen) atoms. The largest absolute Gasteiger partial charge is 0.443 e. The van der Waals surface area contributed by atoms with Crippen LogP contribution in [0.2, 0.25) is 0 Å². The summed E-state index contributed by atoms with van der Waals surface area (Å²) in [6.07, 6.45) is 3.27. The molecule has 0 radical (unpaired) electrons. The summed E-state index contributed by atoms with van der Waals surface area (Å²) in [5, 5.41) is 0. The van der Waals surface area contributed by atoms with E-state index in [4.69, 9.17) is 4.74 Å². The van der Waals surface area contributed by atoms with Gasteiger partial charge in [0.25, 0.3) is 11.8 Å². The van der Waals surface area contributed by atoms with Gasteiger partial charge >= 0.3 is 6.09 Å². The van der Waals surface area contributed by atoms with Crippen LogP contribution in [0.1, 0.15) is 59.2 Å². The molecule has 7 heteroatoms. The van der Waals surface area contributed by atoms with Crippen LogP contribution in [-0.4, -0.2) is 46.5 Å². The fraction of sp³-hybridized carbons (Fsp3) is 0.391. The van der Waals surface area contributed by atoms with E-state index in [1.54, 1.807) is 35.4 Å². The number of carbonyl (C=O) groups excluding carboxylic acids is 3. The van der Waals surface area contributed by atoms with Gasteiger partial charge in [0.1, 0.15) is 5.60 Å². The summed E-state index contributed by atoms with van der Waals surface area (Å²) < 4.78 is 5.54. The quantitative estimate of drug-likeness (QED) is 0.724. The Hall–Kier alpha value is -3.22. The molecule has 0 aliphatic carbocycles. The second kappa shape index (κ2) is 7.55. The van der Waals surface area contributed by atoms with E-state index in [-0.39, 0.29) is 17.9 Å². The van der Waals surface area contributed by atoms with E-state index >= 15 is 0 Å². The molecule has 2 aliphatic heterocycles. The van der Waals surface area contributed by atoms with Crippen molar-refractivity contribution in [2.24, 2.45) is 0 Å². The fourth-order valence-electron chi connectivity index (χ4n) is 3.96. The van der Waals surface area contributed by atoms with Gasteiger partial charge in [-0.1, -0.05) is 12.1 Å². The number of benzene rings is 1. The van der Waals surface area contributed by atoms with Crippen LogP contribution >= 0.6 is 0 Å². The normalized spacial score (nSPS) is 15.4. The van der Waals surface area contributed by atoms with Crippen molar-refractivity contribution in [2.45, 2.75) is 45.6 Å². The van der Waals surface area contributed by atoms with Crippen LogP contribution in [0.15, 0.2) is 36.5 Å². The summed E-state index contributed by atoms with van der Waals surface area (Å²) in [5.74, 6) is -0.489. The van der Waals surface area contributed by atoms with Crippen molar-refractivity contribution in [3.63, 3.8) is 0 Å². The van der Waals surface area contributed by atoms with Crippen LogP contribution in [0, 0.1) is 0 Å². The SMILES string of the molecule is CC(C)(C)OC(=O)N1CCc2nccc(CCCN3C(=O)c4ccccc4C3=O)c21. The first kappa shape index (κ1) is 20.1. The number of rotatable bonds is 4. The predicted octanol–water partition coefficient (Wildman–Crippen LogP) is 3.61. The van der Waals surface area contributed by atoms with E-state index in [9.17, 15) is 14.4 Å². The van der Waals surface area contributed by atoms with Crippen molar-refractivity contribution in [1.82, 2.24) is 9.88 Å². The van der Waals surface area contributed by atoms with Gasteiger partial charge in [-0.05, 0) is 57.4 Å². The Labute approximate surface area is 175 Å². The highest BCUT2D eigenvalue weighted by Crippen LogP contribution is 2.32. The molecule has 1 aromatic carbocycles. The van der Waals surface area contributed by atoms with Crippen molar-refractivity contribution < 1.29 is 19.1 Å². The summed E-state index contributed by atoms with van der Waals surface area (Å²) in [6, 6.07) is 8.79. The fourth-order valence-corrected chi connectivity index (χ4v) is 3.96. The summed E-state index contributed by atoms with van der Waals surface area (Å²) in [5.41, 5.74) is 2.99. The molecule has 3 amide bonds. The minimum Gasteiger partial charge on any atom is -0.443 e. The number of nitrogens with zero attached hydrogens (tertiary/aromatic N) is 3. The van der Waals surface area contributed by atoms with Crippen LogP contribution in [-0.2, 0) is 17.6 Å². The maximum atomic E-state index is 12.6. The van der Waals surface area contributed by atoms with Gasteiger partial charge in [0.15, 0.2) is 0 Å². The molecule has 4 rings (SSSR count). The van der Waals surface area contributed by atoms with Gasteiger partial charge in [-0.15, -0.1) is 0 Å². The van der Waals surface area contributed by atoms with Crippen molar-refractivity contribution in [1.29, 1.82) is 0 Å².